The summed E-state index contributed by atoms with van der Waals surface area (Å²) in [5, 5.41) is 3.85. The first kappa shape index (κ1) is 35.8. The van der Waals surface area contributed by atoms with Gasteiger partial charge in [0, 0.05) is 45.8 Å². The minimum absolute atomic E-state index is 0.206. The van der Waals surface area contributed by atoms with Crippen molar-refractivity contribution < 1.29 is 13.6 Å². The zero-order chi connectivity index (χ0) is 39.3. The first-order chi connectivity index (χ1) is 27.5. The number of nitrogens with zero attached hydrogens (tertiary/aromatic N) is 4. The van der Waals surface area contributed by atoms with Crippen LogP contribution in [0.3, 0.4) is 0 Å². The molecule has 0 aliphatic carbocycles. The van der Waals surface area contributed by atoms with E-state index < -0.39 is 8.07 Å². The molecule has 0 saturated heterocycles. The van der Waals surface area contributed by atoms with Crippen LogP contribution in [0.4, 0.5) is 0 Å². The van der Waals surface area contributed by atoms with E-state index in [2.05, 4.69) is 164 Å². The molecule has 57 heavy (non-hydrogen) atoms. The number of hydrogen-bond donors (Lipinski definition) is 0. The van der Waals surface area contributed by atoms with Crippen LogP contribution in [-0.4, -0.2) is 17.6 Å². The van der Waals surface area contributed by atoms with Gasteiger partial charge in [0.15, 0.2) is 23.3 Å². The molecule has 0 spiro atoms. The van der Waals surface area contributed by atoms with Crippen LogP contribution in [0, 0.1) is 12.8 Å². The summed E-state index contributed by atoms with van der Waals surface area (Å²) in [6.07, 6.45) is 8.40. The molecule has 0 N–H and O–H groups in total. The van der Waals surface area contributed by atoms with E-state index in [4.69, 9.17) is 16.0 Å². The number of hydrogen-bond acceptors (Lipinski definition) is 2. The molecule has 10 rings (SSSR count). The fraction of sp³-hybridized carbons (Fsp3) is 0.275. The molecule has 2 aliphatic rings. The Morgan fingerprint density at radius 1 is 0.877 bits per heavy atom. The van der Waals surface area contributed by atoms with Crippen molar-refractivity contribution in [3.8, 4) is 33.8 Å². The fourth-order valence-corrected chi connectivity index (χ4v) is 12.0. The molecule has 2 atom stereocenters. The number of imidazole rings is 1. The van der Waals surface area contributed by atoms with Gasteiger partial charge in [0.25, 0.3) is 5.82 Å². The second-order valence-corrected chi connectivity index (χ2v) is 23.1. The van der Waals surface area contributed by atoms with E-state index in [0.717, 1.165) is 75.9 Å². The topological polar surface area (TPSA) is 38.7 Å². The van der Waals surface area contributed by atoms with Crippen molar-refractivity contribution in [1.82, 2.24) is 9.55 Å². The van der Waals surface area contributed by atoms with E-state index in [1.807, 2.05) is 6.20 Å². The van der Waals surface area contributed by atoms with Crippen molar-refractivity contribution in [1.29, 1.82) is 0 Å². The molecule has 4 aromatic carbocycles. The van der Waals surface area contributed by atoms with Gasteiger partial charge in [-0.15, -0.1) is 0 Å². The third kappa shape index (κ3) is 5.74. The van der Waals surface area contributed by atoms with Crippen molar-refractivity contribution in [2.24, 2.45) is 13.0 Å². The lowest BCUT2D eigenvalue weighted by Gasteiger charge is -2.33. The minimum Gasteiger partial charge on any atom is -0.456 e. The summed E-state index contributed by atoms with van der Waals surface area (Å²) in [6.45, 7) is 19.3. The summed E-state index contributed by atoms with van der Waals surface area (Å²) in [6, 6.07) is 36.2. The molecule has 8 aromatic rings. The number of aromatic nitrogens is 4. The van der Waals surface area contributed by atoms with Crippen LogP contribution in [0.1, 0.15) is 61.0 Å². The van der Waals surface area contributed by atoms with Crippen molar-refractivity contribution in [3.63, 3.8) is 0 Å². The van der Waals surface area contributed by atoms with Crippen LogP contribution in [0.5, 0.6) is 0 Å². The number of allylic oxidation sites excluding steroid dienone is 1. The first-order valence-corrected chi connectivity index (χ1v) is 24.2. The van der Waals surface area contributed by atoms with Gasteiger partial charge in [0.05, 0.1) is 32.8 Å². The van der Waals surface area contributed by atoms with Crippen molar-refractivity contribution in [2.45, 2.75) is 78.1 Å². The highest BCUT2D eigenvalue weighted by Crippen LogP contribution is 2.47. The molecule has 0 radical (unpaired) electrons. The summed E-state index contributed by atoms with van der Waals surface area (Å²) in [5.74, 6) is 2.03. The lowest BCUT2D eigenvalue weighted by Crippen LogP contribution is -2.54. The van der Waals surface area contributed by atoms with E-state index in [9.17, 15) is 0 Å². The molecule has 0 bridgehead atoms. The Morgan fingerprint density at radius 2 is 1.65 bits per heavy atom. The van der Waals surface area contributed by atoms with E-state index >= 15 is 0 Å². The van der Waals surface area contributed by atoms with Gasteiger partial charge in [0.1, 0.15) is 16.9 Å². The van der Waals surface area contributed by atoms with Gasteiger partial charge in [-0.05, 0) is 90.3 Å². The second-order valence-electron chi connectivity index (χ2n) is 18.1. The lowest BCUT2D eigenvalue weighted by atomic mass is 9.77. The van der Waals surface area contributed by atoms with Crippen LogP contribution in [-0.2, 0) is 19.9 Å². The molecular weight excluding hydrogens is 713 g/mol. The van der Waals surface area contributed by atoms with Gasteiger partial charge in [-0.1, -0.05) is 94.7 Å². The molecule has 6 heterocycles. The Morgan fingerprint density at radius 3 is 2.44 bits per heavy atom. The predicted molar refractivity (Wildman–Crippen MR) is 237 cm³/mol. The van der Waals surface area contributed by atoms with Crippen LogP contribution in [0.25, 0.3) is 72.4 Å². The molecule has 0 fully saturated rings. The average Bonchev–Trinajstić information content (AvgIpc) is 3.70. The largest absolute Gasteiger partial charge is 0.456 e. The molecule has 2 unspecified atom stereocenters. The Labute approximate surface area is 337 Å². The Bertz CT molecular complexity index is 2930. The van der Waals surface area contributed by atoms with E-state index in [-0.39, 0.29) is 6.04 Å². The highest BCUT2D eigenvalue weighted by Gasteiger charge is 2.44. The normalized spacial score (nSPS) is 16.7. The summed E-state index contributed by atoms with van der Waals surface area (Å²) in [7, 11) is 0.519. The van der Waals surface area contributed by atoms with E-state index in [0.29, 0.717) is 11.8 Å². The summed E-state index contributed by atoms with van der Waals surface area (Å²) < 4.78 is 14.2. The quantitative estimate of drug-likeness (QED) is 0.132. The second kappa shape index (κ2) is 13.2. The zero-order valence-corrected chi connectivity index (χ0v) is 35.4. The Kier molecular flexibility index (Phi) is 8.31. The van der Waals surface area contributed by atoms with Crippen molar-refractivity contribution in [2.75, 3.05) is 0 Å². The summed E-state index contributed by atoms with van der Waals surface area (Å²) >= 11 is 0. The van der Waals surface area contributed by atoms with Gasteiger partial charge in [-0.2, -0.15) is 9.13 Å². The SMILES string of the molecule is C=C1CC2C(CCc3cc4oc5ccc(-c6ccccc6)cc5c4cc3-c3n1c1ccnc(C)c1[n+]3C)c1ccccc1-c1cc(CC(C)C)c([Si](C)(C)C)c[n+]12. The Balaban J connectivity index is 1.22. The fourth-order valence-electron chi connectivity index (χ4n) is 10.3. The molecular formula is C51H52N4OSi+2. The zero-order valence-electron chi connectivity index (χ0n) is 34.4. The Hall–Kier alpha value is -5.59. The summed E-state index contributed by atoms with van der Waals surface area (Å²) in [4.78, 5) is 4.80. The standard InChI is InChI=1S/C51H52N4OSi/c1-31(2)24-37-27-46-39-17-13-12-16-38(39)40-20-18-36-28-48-43(42-26-35(19-21-47(42)56-48)34-14-10-9-11-15-34)29-41(36)51-53(5)50-33(4)52-23-22-44(50)55(51)32(3)25-45(40)54(46)30-49(37)57(6,7)8/h9-17,19,21-23,26-31,40,45H,3,18,20,24-25H2,1-2,4-8H3/q+2. The van der Waals surface area contributed by atoms with Gasteiger partial charge < -0.3 is 4.42 Å². The maximum Gasteiger partial charge on any atom is 0.294 e. The van der Waals surface area contributed by atoms with Crippen molar-refractivity contribution >= 4 is 51.9 Å². The highest BCUT2D eigenvalue weighted by molar-refractivity contribution is 6.89. The number of rotatable bonds is 4. The molecule has 6 heteroatoms. The summed E-state index contributed by atoms with van der Waals surface area (Å²) in [5.41, 5.74) is 16.9. The molecule has 284 valence electrons. The van der Waals surface area contributed by atoms with Gasteiger partial charge in [-0.3, -0.25) is 4.98 Å². The smallest absolute Gasteiger partial charge is 0.294 e. The maximum atomic E-state index is 6.71. The average molecular weight is 765 g/mol. The third-order valence-corrected chi connectivity index (χ3v) is 14.9. The predicted octanol–water partition coefficient (Wildman–Crippen LogP) is 11.2. The minimum atomic E-state index is -1.69. The van der Waals surface area contributed by atoms with E-state index in [1.165, 1.54) is 44.6 Å². The lowest BCUT2D eigenvalue weighted by molar-refractivity contribution is -0.716. The molecule has 4 aromatic heterocycles. The first-order valence-electron chi connectivity index (χ1n) is 20.7. The van der Waals surface area contributed by atoms with Crippen LogP contribution < -0.4 is 14.3 Å². The maximum absolute atomic E-state index is 6.71. The van der Waals surface area contributed by atoms with Gasteiger partial charge >= 0.3 is 0 Å². The number of furan rings is 1. The van der Waals surface area contributed by atoms with Crippen LogP contribution in [0.15, 0.2) is 120 Å². The third-order valence-electron chi connectivity index (χ3n) is 12.8. The van der Waals surface area contributed by atoms with Crippen LogP contribution >= 0.6 is 0 Å². The highest BCUT2D eigenvalue weighted by atomic mass is 28.3. The molecule has 2 aliphatic heterocycles. The monoisotopic (exact) mass is 764 g/mol. The number of aryl methyl sites for hydroxylation is 3. The molecule has 0 amide bonds. The molecule has 5 nitrogen and oxygen atoms in total. The van der Waals surface area contributed by atoms with Crippen LogP contribution in [0.2, 0.25) is 19.6 Å². The van der Waals surface area contributed by atoms with Gasteiger partial charge in [0.2, 0.25) is 5.69 Å². The van der Waals surface area contributed by atoms with Crippen molar-refractivity contribution in [3.05, 3.63) is 138 Å². The number of benzene rings is 4. The number of fused-ring (bicyclic) bond motifs is 14. The number of pyridine rings is 2. The molecule has 0 saturated carbocycles. The van der Waals surface area contributed by atoms with Gasteiger partial charge in [-0.25, -0.2) is 4.57 Å². The van der Waals surface area contributed by atoms with E-state index in [1.54, 1.807) is 5.19 Å².